The summed E-state index contributed by atoms with van der Waals surface area (Å²) in [6, 6.07) is 1.56. The van der Waals surface area contributed by atoms with E-state index in [2.05, 4.69) is 34.2 Å². The topological polar surface area (TPSA) is 39.2 Å². The molecular formula is C11H10ClNO2S. The van der Waals surface area contributed by atoms with Crippen LogP contribution in [0.2, 0.25) is 5.15 Å². The second-order valence-electron chi connectivity index (χ2n) is 2.83. The molecule has 0 aliphatic rings. The maximum absolute atomic E-state index is 11.3. The van der Waals surface area contributed by atoms with Crippen molar-refractivity contribution in [3.05, 3.63) is 28.5 Å². The Labute approximate surface area is 105 Å². The number of hydrogen-bond donors (Lipinski definition) is 1. The van der Waals surface area contributed by atoms with Gasteiger partial charge in [-0.05, 0) is 6.07 Å². The maximum Gasteiger partial charge on any atom is 0.341 e. The third kappa shape index (κ3) is 3.44. The van der Waals surface area contributed by atoms with E-state index in [1.54, 1.807) is 6.07 Å². The van der Waals surface area contributed by atoms with E-state index in [1.807, 2.05) is 0 Å². The molecule has 3 nitrogen and oxygen atoms in total. The summed E-state index contributed by atoms with van der Waals surface area (Å²) in [5.41, 5.74) is 0.855. The lowest BCUT2D eigenvalue weighted by Crippen LogP contribution is -2.03. The number of nitrogens with zero attached hydrogens (tertiary/aromatic N) is 1. The predicted octanol–water partition coefficient (Wildman–Crippen LogP) is 2.19. The zero-order valence-corrected chi connectivity index (χ0v) is 10.3. The molecule has 0 amide bonds. The van der Waals surface area contributed by atoms with E-state index in [-0.39, 0.29) is 10.7 Å². The Bertz CT molecular complexity index is 451. The lowest BCUT2D eigenvalue weighted by Gasteiger charge is -2.01. The summed E-state index contributed by atoms with van der Waals surface area (Å²) in [6.07, 6.45) is 2.19. The fourth-order valence-electron chi connectivity index (χ4n) is 0.990. The highest BCUT2D eigenvalue weighted by molar-refractivity contribution is 7.80. The van der Waals surface area contributed by atoms with Gasteiger partial charge in [0.05, 0.1) is 12.7 Å². The van der Waals surface area contributed by atoms with Crippen LogP contribution in [0.25, 0.3) is 0 Å². The molecule has 0 aromatic carbocycles. The second kappa shape index (κ2) is 6.41. The van der Waals surface area contributed by atoms with E-state index in [9.17, 15) is 4.79 Å². The first kappa shape index (κ1) is 12.9. The van der Waals surface area contributed by atoms with E-state index < -0.39 is 5.97 Å². The molecule has 5 heteroatoms. The van der Waals surface area contributed by atoms with Gasteiger partial charge < -0.3 is 4.74 Å². The van der Waals surface area contributed by atoms with Crippen molar-refractivity contribution in [2.24, 2.45) is 0 Å². The highest BCUT2D eigenvalue weighted by atomic mass is 35.5. The van der Waals surface area contributed by atoms with Gasteiger partial charge in [0.2, 0.25) is 0 Å². The first-order chi connectivity index (χ1) is 7.69. The van der Waals surface area contributed by atoms with Crippen molar-refractivity contribution >= 4 is 30.2 Å². The number of ether oxygens (including phenoxy) is 1. The Kier molecular flexibility index (Phi) is 5.17. The van der Waals surface area contributed by atoms with Gasteiger partial charge in [-0.3, -0.25) is 0 Å². The summed E-state index contributed by atoms with van der Waals surface area (Å²) in [7, 11) is 1.29. The smallest absolute Gasteiger partial charge is 0.341 e. The van der Waals surface area contributed by atoms with Crippen molar-refractivity contribution in [3.63, 3.8) is 0 Å². The number of carbonyl (C=O) groups is 1. The Hall–Kier alpha value is -1.18. The summed E-state index contributed by atoms with van der Waals surface area (Å²) in [5.74, 6) is 5.93. The first-order valence-electron chi connectivity index (χ1n) is 4.52. The van der Waals surface area contributed by atoms with Crippen LogP contribution in [0.5, 0.6) is 0 Å². The van der Waals surface area contributed by atoms with Crippen LogP contribution >= 0.6 is 24.2 Å². The number of rotatable bonds is 2. The molecule has 1 heterocycles. The number of methoxy groups -OCH3 is 1. The van der Waals surface area contributed by atoms with Gasteiger partial charge >= 0.3 is 5.97 Å². The highest BCUT2D eigenvalue weighted by Crippen LogP contribution is 2.14. The third-order valence-corrected chi connectivity index (χ3v) is 2.24. The van der Waals surface area contributed by atoms with Gasteiger partial charge in [0.25, 0.3) is 0 Å². The number of carbonyl (C=O) groups excluding carboxylic acids is 1. The molecule has 0 N–H and O–H groups in total. The third-order valence-electron chi connectivity index (χ3n) is 1.71. The van der Waals surface area contributed by atoms with Crippen molar-refractivity contribution in [3.8, 4) is 11.8 Å². The number of aromatic nitrogens is 1. The SMILES string of the molecule is COC(=O)c1cc(C#CCCS)cnc1Cl. The molecule has 0 saturated carbocycles. The van der Waals surface area contributed by atoms with Crippen molar-refractivity contribution in [2.75, 3.05) is 12.9 Å². The van der Waals surface area contributed by atoms with Crippen LogP contribution in [-0.4, -0.2) is 23.8 Å². The summed E-state index contributed by atoms with van der Waals surface area (Å²) in [6.45, 7) is 0. The summed E-state index contributed by atoms with van der Waals surface area (Å²) < 4.78 is 4.57. The van der Waals surface area contributed by atoms with Crippen molar-refractivity contribution in [1.29, 1.82) is 0 Å². The minimum Gasteiger partial charge on any atom is -0.465 e. The molecule has 1 aromatic heterocycles. The molecule has 0 atom stereocenters. The normalized spacial score (nSPS) is 9.19. The van der Waals surface area contributed by atoms with Gasteiger partial charge in [0, 0.05) is 23.9 Å². The number of hydrogen-bond acceptors (Lipinski definition) is 4. The minimum absolute atomic E-state index is 0.117. The minimum atomic E-state index is -0.518. The average molecular weight is 256 g/mol. The second-order valence-corrected chi connectivity index (χ2v) is 3.63. The molecule has 0 radical (unpaired) electrons. The van der Waals surface area contributed by atoms with Gasteiger partial charge in [-0.1, -0.05) is 23.4 Å². The van der Waals surface area contributed by atoms with Gasteiger partial charge in [-0.25, -0.2) is 9.78 Å². The summed E-state index contributed by atoms with van der Waals surface area (Å²) in [5, 5.41) is 0.117. The molecule has 1 aromatic rings. The standard InChI is InChI=1S/C11H10ClNO2S/c1-15-11(14)9-6-8(4-2-3-5-16)7-13-10(9)12/h6-7,16H,3,5H2,1H3. The molecule has 84 valence electrons. The van der Waals surface area contributed by atoms with Crippen LogP contribution in [0.3, 0.4) is 0 Å². The molecule has 0 bridgehead atoms. The van der Waals surface area contributed by atoms with Crippen LogP contribution in [-0.2, 0) is 4.74 Å². The van der Waals surface area contributed by atoms with Crippen LogP contribution in [0.4, 0.5) is 0 Å². The predicted molar refractivity (Wildman–Crippen MR) is 65.9 cm³/mol. The fraction of sp³-hybridized carbons (Fsp3) is 0.273. The lowest BCUT2D eigenvalue weighted by atomic mass is 10.2. The van der Waals surface area contributed by atoms with Crippen LogP contribution < -0.4 is 0 Å². The quantitative estimate of drug-likeness (QED) is 0.381. The average Bonchev–Trinajstić information content (AvgIpc) is 2.30. The lowest BCUT2D eigenvalue weighted by molar-refractivity contribution is 0.0600. The number of halogens is 1. The Morgan fingerprint density at radius 3 is 3.06 bits per heavy atom. The summed E-state index contributed by atoms with van der Waals surface area (Å²) >= 11 is 9.80. The number of pyridine rings is 1. The molecule has 0 unspecified atom stereocenters. The zero-order valence-electron chi connectivity index (χ0n) is 8.66. The number of thiol groups is 1. The monoisotopic (exact) mass is 255 g/mol. The van der Waals surface area contributed by atoms with E-state index >= 15 is 0 Å². The van der Waals surface area contributed by atoms with Gasteiger partial charge in [-0.2, -0.15) is 12.6 Å². The van der Waals surface area contributed by atoms with Crippen molar-refractivity contribution in [1.82, 2.24) is 4.98 Å². The van der Waals surface area contributed by atoms with Crippen LogP contribution in [0.1, 0.15) is 22.3 Å². The van der Waals surface area contributed by atoms with E-state index in [0.29, 0.717) is 17.7 Å². The molecule has 1 rings (SSSR count). The number of esters is 1. The molecule has 0 fully saturated rings. The Morgan fingerprint density at radius 1 is 1.69 bits per heavy atom. The zero-order chi connectivity index (χ0) is 12.0. The Balaban J connectivity index is 2.99. The molecule has 0 aliphatic heterocycles. The molecule has 16 heavy (non-hydrogen) atoms. The van der Waals surface area contributed by atoms with Crippen molar-refractivity contribution in [2.45, 2.75) is 6.42 Å². The molecule has 0 saturated heterocycles. The Morgan fingerprint density at radius 2 is 2.44 bits per heavy atom. The van der Waals surface area contributed by atoms with Crippen molar-refractivity contribution < 1.29 is 9.53 Å². The van der Waals surface area contributed by atoms with E-state index in [0.717, 1.165) is 0 Å². The first-order valence-corrected chi connectivity index (χ1v) is 5.53. The van der Waals surface area contributed by atoms with E-state index in [4.69, 9.17) is 11.6 Å². The fourth-order valence-corrected chi connectivity index (χ4v) is 1.28. The highest BCUT2D eigenvalue weighted by Gasteiger charge is 2.11. The molecular weight excluding hydrogens is 246 g/mol. The summed E-state index contributed by atoms with van der Waals surface area (Å²) in [4.78, 5) is 15.2. The molecule has 0 aliphatic carbocycles. The van der Waals surface area contributed by atoms with Gasteiger partial charge in [-0.15, -0.1) is 0 Å². The van der Waals surface area contributed by atoms with Gasteiger partial charge in [0.1, 0.15) is 5.15 Å². The van der Waals surface area contributed by atoms with Gasteiger partial charge in [0.15, 0.2) is 0 Å². The maximum atomic E-state index is 11.3. The van der Waals surface area contributed by atoms with E-state index in [1.165, 1.54) is 13.3 Å². The van der Waals surface area contributed by atoms with Crippen LogP contribution in [0, 0.1) is 11.8 Å². The molecule has 0 spiro atoms. The largest absolute Gasteiger partial charge is 0.465 e. The van der Waals surface area contributed by atoms with Crippen LogP contribution in [0.15, 0.2) is 12.3 Å².